The van der Waals surface area contributed by atoms with E-state index in [2.05, 4.69) is 0 Å². The summed E-state index contributed by atoms with van der Waals surface area (Å²) in [7, 11) is 0. The maximum atomic E-state index is 11.2. The van der Waals surface area contributed by atoms with Crippen molar-refractivity contribution in [3.63, 3.8) is 0 Å². The van der Waals surface area contributed by atoms with Gasteiger partial charge in [0.25, 0.3) is 0 Å². The van der Waals surface area contributed by atoms with Crippen LogP contribution in [0.2, 0.25) is 0 Å². The van der Waals surface area contributed by atoms with Crippen molar-refractivity contribution >= 4 is 11.7 Å². The fourth-order valence-corrected chi connectivity index (χ4v) is 2.40. The lowest BCUT2D eigenvalue weighted by Crippen LogP contribution is -2.39. The van der Waals surface area contributed by atoms with Gasteiger partial charge in [-0.2, -0.15) is 0 Å². The lowest BCUT2D eigenvalue weighted by Gasteiger charge is -2.26. The third-order valence-corrected chi connectivity index (χ3v) is 3.31. The van der Waals surface area contributed by atoms with Crippen molar-refractivity contribution in [3.05, 3.63) is 29.3 Å². The van der Waals surface area contributed by atoms with Gasteiger partial charge in [0.2, 0.25) is 0 Å². The molecule has 4 nitrogen and oxygen atoms in total. The van der Waals surface area contributed by atoms with Gasteiger partial charge in [-0.3, -0.25) is 0 Å². The van der Waals surface area contributed by atoms with E-state index >= 15 is 0 Å². The number of fused-ring (bicyclic) bond motifs is 1. The van der Waals surface area contributed by atoms with Crippen LogP contribution in [0.4, 0.5) is 5.69 Å². The van der Waals surface area contributed by atoms with Crippen LogP contribution < -0.4 is 4.90 Å². The zero-order chi connectivity index (χ0) is 12.4. The Hall–Kier alpha value is -1.55. The summed E-state index contributed by atoms with van der Waals surface area (Å²) in [6, 6.07) is 5.30. The molecule has 1 aliphatic heterocycles. The molecule has 0 unspecified atom stereocenters. The van der Waals surface area contributed by atoms with E-state index in [1.807, 2.05) is 30.0 Å². The van der Waals surface area contributed by atoms with E-state index in [1.165, 1.54) is 5.56 Å². The molecule has 2 rings (SSSR count). The second-order valence-corrected chi connectivity index (χ2v) is 4.33. The number of nitrogens with zero attached hydrogens (tertiary/aromatic N) is 1. The summed E-state index contributed by atoms with van der Waals surface area (Å²) in [4.78, 5) is 13.1. The summed E-state index contributed by atoms with van der Waals surface area (Å²) in [5.74, 6) is -0.783. The molecule has 0 saturated heterocycles. The summed E-state index contributed by atoms with van der Waals surface area (Å²) in [6.07, 6.45) is 1.46. The molecule has 0 aromatic heterocycles. The number of anilines is 1. The lowest BCUT2D eigenvalue weighted by atomic mass is 10.1. The van der Waals surface area contributed by atoms with Crippen LogP contribution in [-0.4, -0.2) is 28.8 Å². The van der Waals surface area contributed by atoms with Crippen molar-refractivity contribution < 1.29 is 15.0 Å². The van der Waals surface area contributed by atoms with E-state index in [0.717, 1.165) is 24.2 Å². The maximum absolute atomic E-state index is 11.2. The van der Waals surface area contributed by atoms with E-state index in [4.69, 9.17) is 5.11 Å². The predicted molar refractivity (Wildman–Crippen MR) is 65.1 cm³/mol. The molecular weight excluding hydrogens is 218 g/mol. The predicted octanol–water partition coefficient (Wildman–Crippen LogP) is 1.40. The minimum atomic E-state index is -0.783. The fraction of sp³-hybridized carbons (Fsp3) is 0.462. The van der Waals surface area contributed by atoms with Crippen LogP contribution in [0.3, 0.4) is 0 Å². The normalized spacial score (nSPS) is 15.8. The number of aliphatic carboxylic acids is 1. The first-order valence-electron chi connectivity index (χ1n) is 5.89. The molecule has 1 atom stereocenters. The summed E-state index contributed by atoms with van der Waals surface area (Å²) >= 11 is 0. The van der Waals surface area contributed by atoms with Crippen LogP contribution in [0.15, 0.2) is 18.2 Å². The standard InChI is InChI=1S/C13H17NO3/c1-2-11(13(16)17)14-6-5-10-4-3-9(8-15)7-12(10)14/h3-4,7,11,15H,2,5-6,8H2,1H3,(H,16,17)/t11-/m1/s1. The molecule has 0 amide bonds. The van der Waals surface area contributed by atoms with Gasteiger partial charge in [0.15, 0.2) is 0 Å². The summed E-state index contributed by atoms with van der Waals surface area (Å²) < 4.78 is 0. The van der Waals surface area contributed by atoms with Crippen molar-refractivity contribution in [2.24, 2.45) is 0 Å². The van der Waals surface area contributed by atoms with Crippen molar-refractivity contribution in [1.82, 2.24) is 0 Å². The first kappa shape index (κ1) is 11.9. The molecule has 0 bridgehead atoms. The van der Waals surface area contributed by atoms with E-state index in [-0.39, 0.29) is 6.61 Å². The molecule has 0 fully saturated rings. The number of carboxylic acids is 1. The van der Waals surface area contributed by atoms with Crippen LogP contribution in [0.1, 0.15) is 24.5 Å². The number of aliphatic hydroxyl groups excluding tert-OH is 1. The minimum Gasteiger partial charge on any atom is -0.480 e. The van der Waals surface area contributed by atoms with E-state index in [1.54, 1.807) is 0 Å². The molecule has 2 N–H and O–H groups in total. The molecule has 0 spiro atoms. The zero-order valence-electron chi connectivity index (χ0n) is 9.89. The van der Waals surface area contributed by atoms with Gasteiger partial charge >= 0.3 is 5.97 Å². The Balaban J connectivity index is 2.34. The van der Waals surface area contributed by atoms with Crippen LogP contribution in [0.25, 0.3) is 0 Å². The molecule has 0 radical (unpaired) electrons. The molecule has 0 aliphatic carbocycles. The SMILES string of the molecule is CC[C@H](C(=O)O)N1CCc2ccc(CO)cc21. The molecule has 1 heterocycles. The van der Waals surface area contributed by atoms with E-state index in [0.29, 0.717) is 6.42 Å². The zero-order valence-corrected chi connectivity index (χ0v) is 9.89. The Bertz CT molecular complexity index is 431. The summed E-state index contributed by atoms with van der Waals surface area (Å²) in [6.45, 7) is 2.62. The second-order valence-electron chi connectivity index (χ2n) is 4.33. The minimum absolute atomic E-state index is 0.00895. The number of aliphatic hydroxyl groups is 1. The molecule has 4 heteroatoms. The molecule has 1 aliphatic rings. The smallest absolute Gasteiger partial charge is 0.326 e. The summed E-state index contributed by atoms with van der Waals surface area (Å²) in [5, 5.41) is 18.3. The van der Waals surface area contributed by atoms with Crippen LogP contribution in [0.5, 0.6) is 0 Å². The third kappa shape index (κ3) is 2.13. The van der Waals surface area contributed by atoms with Gasteiger partial charge in [0.1, 0.15) is 6.04 Å². The monoisotopic (exact) mass is 235 g/mol. The van der Waals surface area contributed by atoms with Crippen molar-refractivity contribution in [1.29, 1.82) is 0 Å². The van der Waals surface area contributed by atoms with Gasteiger partial charge in [-0.05, 0) is 30.0 Å². The molecule has 1 aromatic carbocycles. The average molecular weight is 235 g/mol. The summed E-state index contributed by atoms with van der Waals surface area (Å²) in [5.41, 5.74) is 2.96. The first-order chi connectivity index (χ1) is 8.17. The van der Waals surface area contributed by atoms with Crippen molar-refractivity contribution in [2.45, 2.75) is 32.4 Å². The number of hydrogen-bond donors (Lipinski definition) is 2. The Morgan fingerprint density at radius 1 is 1.53 bits per heavy atom. The Labute approximate surface area is 100 Å². The Morgan fingerprint density at radius 2 is 2.29 bits per heavy atom. The van der Waals surface area contributed by atoms with Crippen LogP contribution in [-0.2, 0) is 17.8 Å². The highest BCUT2D eigenvalue weighted by atomic mass is 16.4. The maximum Gasteiger partial charge on any atom is 0.326 e. The first-order valence-corrected chi connectivity index (χ1v) is 5.89. The number of benzene rings is 1. The van der Waals surface area contributed by atoms with Gasteiger partial charge in [-0.1, -0.05) is 19.1 Å². The largest absolute Gasteiger partial charge is 0.480 e. The van der Waals surface area contributed by atoms with Crippen molar-refractivity contribution in [3.8, 4) is 0 Å². The quantitative estimate of drug-likeness (QED) is 0.828. The van der Waals surface area contributed by atoms with Gasteiger partial charge in [0.05, 0.1) is 6.61 Å². The van der Waals surface area contributed by atoms with E-state index < -0.39 is 12.0 Å². The number of hydrogen-bond acceptors (Lipinski definition) is 3. The number of carboxylic acid groups (broad SMARTS) is 1. The Kier molecular flexibility index (Phi) is 3.33. The van der Waals surface area contributed by atoms with Crippen LogP contribution >= 0.6 is 0 Å². The third-order valence-electron chi connectivity index (χ3n) is 3.31. The molecule has 1 aromatic rings. The molecule has 92 valence electrons. The topological polar surface area (TPSA) is 60.8 Å². The average Bonchev–Trinajstić information content (AvgIpc) is 2.73. The molecular formula is C13H17NO3. The van der Waals surface area contributed by atoms with Gasteiger partial charge < -0.3 is 15.1 Å². The van der Waals surface area contributed by atoms with Gasteiger partial charge in [-0.15, -0.1) is 0 Å². The van der Waals surface area contributed by atoms with Crippen LogP contribution in [0, 0.1) is 0 Å². The lowest BCUT2D eigenvalue weighted by molar-refractivity contribution is -0.138. The van der Waals surface area contributed by atoms with Crippen molar-refractivity contribution in [2.75, 3.05) is 11.4 Å². The highest BCUT2D eigenvalue weighted by Crippen LogP contribution is 2.31. The second kappa shape index (κ2) is 4.75. The highest BCUT2D eigenvalue weighted by molar-refractivity contribution is 5.79. The number of rotatable bonds is 4. The molecule has 0 saturated carbocycles. The van der Waals surface area contributed by atoms with Gasteiger partial charge in [0, 0.05) is 12.2 Å². The van der Waals surface area contributed by atoms with E-state index in [9.17, 15) is 9.90 Å². The Morgan fingerprint density at radius 3 is 2.88 bits per heavy atom. The van der Waals surface area contributed by atoms with Gasteiger partial charge in [-0.25, -0.2) is 4.79 Å². The highest BCUT2D eigenvalue weighted by Gasteiger charge is 2.29. The molecule has 17 heavy (non-hydrogen) atoms. The number of carbonyl (C=O) groups is 1. The fourth-order valence-electron chi connectivity index (χ4n) is 2.40.